The van der Waals surface area contributed by atoms with Gasteiger partial charge in [0, 0.05) is 36.5 Å². The number of nitrogens with one attached hydrogen (secondary N) is 1. The molecule has 0 saturated heterocycles. The number of nitrogens with zero attached hydrogens (tertiary/aromatic N) is 2. The lowest BCUT2D eigenvalue weighted by molar-refractivity contribution is 0.334. The van der Waals surface area contributed by atoms with Gasteiger partial charge in [0.15, 0.2) is 0 Å². The van der Waals surface area contributed by atoms with Crippen molar-refractivity contribution in [3.63, 3.8) is 0 Å². The van der Waals surface area contributed by atoms with Crippen LogP contribution in [0.3, 0.4) is 0 Å². The van der Waals surface area contributed by atoms with Crippen LogP contribution in [0.25, 0.3) is 0 Å². The van der Waals surface area contributed by atoms with Crippen molar-refractivity contribution in [2.75, 3.05) is 6.61 Å². The number of rotatable bonds is 5. The monoisotopic (exact) mass is 285 g/mol. The molecule has 3 rings (SSSR count). The smallest absolute Gasteiger partial charge is 0.123 e. The Bertz CT molecular complexity index is 606. The SMILES string of the molecule is CCOc1ccccc1CNC1CCCc2c1cnn2C. The standard InChI is InChI=1S/C17H23N3O/c1-3-21-17-10-5-4-7-13(17)11-18-15-8-6-9-16-14(15)12-19-20(16)2/h4-5,7,10,12,15,18H,3,6,8-9,11H2,1-2H3. The molecule has 1 unspecified atom stereocenters. The molecule has 112 valence electrons. The lowest BCUT2D eigenvalue weighted by Gasteiger charge is -2.24. The number of aryl methyl sites for hydroxylation is 1. The van der Waals surface area contributed by atoms with Crippen LogP contribution in [0.4, 0.5) is 0 Å². The molecule has 4 nitrogen and oxygen atoms in total. The van der Waals surface area contributed by atoms with Gasteiger partial charge in [-0.1, -0.05) is 18.2 Å². The van der Waals surface area contributed by atoms with Crippen molar-refractivity contribution >= 4 is 0 Å². The van der Waals surface area contributed by atoms with Gasteiger partial charge in [-0.2, -0.15) is 5.10 Å². The number of hydrogen-bond acceptors (Lipinski definition) is 3. The van der Waals surface area contributed by atoms with E-state index in [0.717, 1.165) is 18.7 Å². The molecule has 0 spiro atoms. The van der Waals surface area contributed by atoms with E-state index >= 15 is 0 Å². The molecule has 1 aliphatic carbocycles. The number of fused-ring (bicyclic) bond motifs is 1. The quantitative estimate of drug-likeness (QED) is 0.918. The Morgan fingerprint density at radius 3 is 3.10 bits per heavy atom. The first-order valence-corrected chi connectivity index (χ1v) is 7.74. The fraction of sp³-hybridized carbons (Fsp3) is 0.471. The van der Waals surface area contributed by atoms with E-state index in [1.807, 2.05) is 37.0 Å². The van der Waals surface area contributed by atoms with E-state index in [9.17, 15) is 0 Å². The van der Waals surface area contributed by atoms with Crippen molar-refractivity contribution in [1.82, 2.24) is 15.1 Å². The van der Waals surface area contributed by atoms with Crippen LogP contribution < -0.4 is 10.1 Å². The lowest BCUT2D eigenvalue weighted by Crippen LogP contribution is -2.25. The Kier molecular flexibility index (Phi) is 4.25. The third-order valence-electron chi connectivity index (χ3n) is 4.19. The molecule has 0 saturated carbocycles. The maximum absolute atomic E-state index is 5.69. The predicted molar refractivity (Wildman–Crippen MR) is 83.3 cm³/mol. The van der Waals surface area contributed by atoms with E-state index in [0.29, 0.717) is 12.6 Å². The normalized spacial score (nSPS) is 17.5. The van der Waals surface area contributed by atoms with Gasteiger partial charge < -0.3 is 10.1 Å². The zero-order chi connectivity index (χ0) is 14.7. The van der Waals surface area contributed by atoms with Gasteiger partial charge in [0.1, 0.15) is 5.75 Å². The van der Waals surface area contributed by atoms with Crippen molar-refractivity contribution in [1.29, 1.82) is 0 Å². The lowest BCUT2D eigenvalue weighted by atomic mass is 9.93. The third-order valence-corrected chi connectivity index (χ3v) is 4.19. The Morgan fingerprint density at radius 1 is 1.38 bits per heavy atom. The Morgan fingerprint density at radius 2 is 2.24 bits per heavy atom. The summed E-state index contributed by atoms with van der Waals surface area (Å²) in [6.45, 7) is 3.55. The van der Waals surface area contributed by atoms with Crippen LogP contribution in [-0.2, 0) is 20.0 Å². The minimum absolute atomic E-state index is 0.400. The summed E-state index contributed by atoms with van der Waals surface area (Å²) in [6.07, 6.45) is 5.55. The first-order valence-electron chi connectivity index (χ1n) is 7.74. The molecule has 1 aromatic heterocycles. The van der Waals surface area contributed by atoms with E-state index in [1.165, 1.54) is 29.7 Å². The zero-order valence-corrected chi connectivity index (χ0v) is 12.8. The minimum atomic E-state index is 0.400. The van der Waals surface area contributed by atoms with E-state index in [1.54, 1.807) is 0 Å². The summed E-state index contributed by atoms with van der Waals surface area (Å²) in [6, 6.07) is 8.66. The molecule has 1 atom stereocenters. The van der Waals surface area contributed by atoms with Gasteiger partial charge in [-0.3, -0.25) is 4.68 Å². The summed E-state index contributed by atoms with van der Waals surface area (Å²) in [5.41, 5.74) is 3.95. The topological polar surface area (TPSA) is 39.1 Å². The second-order valence-corrected chi connectivity index (χ2v) is 5.54. The third kappa shape index (κ3) is 2.95. The first-order chi connectivity index (χ1) is 10.3. The molecule has 0 aliphatic heterocycles. The van der Waals surface area contributed by atoms with E-state index in [2.05, 4.69) is 22.5 Å². The van der Waals surface area contributed by atoms with Crippen molar-refractivity contribution in [2.45, 2.75) is 38.8 Å². The maximum atomic E-state index is 5.69. The molecule has 1 N–H and O–H groups in total. The first kappa shape index (κ1) is 14.1. The summed E-state index contributed by atoms with van der Waals surface area (Å²) in [7, 11) is 2.03. The maximum Gasteiger partial charge on any atom is 0.123 e. The van der Waals surface area contributed by atoms with E-state index < -0.39 is 0 Å². The van der Waals surface area contributed by atoms with Gasteiger partial charge in [0.25, 0.3) is 0 Å². The van der Waals surface area contributed by atoms with Crippen molar-refractivity contribution in [3.8, 4) is 5.75 Å². The second-order valence-electron chi connectivity index (χ2n) is 5.54. The number of ether oxygens (including phenoxy) is 1. The Balaban J connectivity index is 1.71. The minimum Gasteiger partial charge on any atom is -0.494 e. The highest BCUT2D eigenvalue weighted by molar-refractivity contribution is 5.33. The van der Waals surface area contributed by atoms with Crippen molar-refractivity contribution in [2.24, 2.45) is 7.05 Å². The van der Waals surface area contributed by atoms with Gasteiger partial charge in [-0.25, -0.2) is 0 Å². The number of aromatic nitrogens is 2. The molecule has 4 heteroatoms. The second kappa shape index (κ2) is 6.31. The number of benzene rings is 1. The average Bonchev–Trinajstić information content (AvgIpc) is 2.89. The van der Waals surface area contributed by atoms with Crippen LogP contribution in [0, 0.1) is 0 Å². The Labute approximate surface area is 126 Å². The fourth-order valence-electron chi connectivity index (χ4n) is 3.10. The molecule has 1 aromatic carbocycles. The van der Waals surface area contributed by atoms with Crippen LogP contribution in [0.5, 0.6) is 5.75 Å². The summed E-state index contributed by atoms with van der Waals surface area (Å²) >= 11 is 0. The largest absolute Gasteiger partial charge is 0.494 e. The molecule has 0 amide bonds. The summed E-state index contributed by atoms with van der Waals surface area (Å²) < 4.78 is 7.71. The highest BCUT2D eigenvalue weighted by Gasteiger charge is 2.23. The van der Waals surface area contributed by atoms with Crippen LogP contribution >= 0.6 is 0 Å². The molecule has 2 aromatic rings. The number of hydrogen-bond donors (Lipinski definition) is 1. The number of para-hydroxylation sites is 1. The molecule has 0 radical (unpaired) electrons. The van der Waals surface area contributed by atoms with Crippen LogP contribution in [0.1, 0.15) is 42.6 Å². The molecule has 0 fully saturated rings. The molecular weight excluding hydrogens is 262 g/mol. The fourth-order valence-corrected chi connectivity index (χ4v) is 3.10. The van der Waals surface area contributed by atoms with E-state index in [-0.39, 0.29) is 0 Å². The van der Waals surface area contributed by atoms with Crippen molar-refractivity contribution in [3.05, 3.63) is 47.3 Å². The summed E-state index contributed by atoms with van der Waals surface area (Å²) in [4.78, 5) is 0. The van der Waals surface area contributed by atoms with Gasteiger partial charge in [0.2, 0.25) is 0 Å². The molecular formula is C17H23N3O. The van der Waals surface area contributed by atoms with Gasteiger partial charge >= 0.3 is 0 Å². The average molecular weight is 285 g/mol. The molecule has 21 heavy (non-hydrogen) atoms. The zero-order valence-electron chi connectivity index (χ0n) is 12.8. The molecule has 1 heterocycles. The Hall–Kier alpha value is -1.81. The van der Waals surface area contributed by atoms with Crippen LogP contribution in [0.2, 0.25) is 0 Å². The van der Waals surface area contributed by atoms with Gasteiger partial charge in [-0.15, -0.1) is 0 Å². The van der Waals surface area contributed by atoms with Crippen molar-refractivity contribution < 1.29 is 4.74 Å². The molecule has 0 bridgehead atoms. The highest BCUT2D eigenvalue weighted by atomic mass is 16.5. The van der Waals surface area contributed by atoms with Crippen LogP contribution in [-0.4, -0.2) is 16.4 Å². The van der Waals surface area contributed by atoms with E-state index in [4.69, 9.17) is 4.74 Å². The van der Waals surface area contributed by atoms with Gasteiger partial charge in [-0.05, 0) is 32.3 Å². The van der Waals surface area contributed by atoms with Gasteiger partial charge in [0.05, 0.1) is 12.8 Å². The summed E-state index contributed by atoms with van der Waals surface area (Å²) in [5.74, 6) is 0.981. The molecule has 1 aliphatic rings. The van der Waals surface area contributed by atoms with Crippen LogP contribution in [0.15, 0.2) is 30.5 Å². The predicted octanol–water partition coefficient (Wildman–Crippen LogP) is 2.99. The highest BCUT2D eigenvalue weighted by Crippen LogP contribution is 2.30. The summed E-state index contributed by atoms with van der Waals surface area (Å²) in [5, 5.41) is 8.08.